The monoisotopic (exact) mass is 696 g/mol. The van der Waals surface area contributed by atoms with E-state index in [0.29, 0.717) is 36.1 Å². The number of aliphatic carboxylic acids is 1. The normalized spacial score (nSPS) is 29.2. The van der Waals surface area contributed by atoms with Gasteiger partial charge in [-0.25, -0.2) is 0 Å². The summed E-state index contributed by atoms with van der Waals surface area (Å²) in [5, 5.41) is 44.0. The van der Waals surface area contributed by atoms with Gasteiger partial charge in [-0.15, -0.1) is 0 Å². The fourth-order valence-corrected chi connectivity index (χ4v) is 7.08. The number of hydrogen-bond donors (Lipinski definition) is 6. The van der Waals surface area contributed by atoms with Crippen LogP contribution in [0.3, 0.4) is 0 Å². The molecule has 6 N–H and O–H groups in total. The highest BCUT2D eigenvalue weighted by Gasteiger charge is 2.50. The van der Waals surface area contributed by atoms with Crippen molar-refractivity contribution in [2.45, 2.75) is 61.9 Å². The molecule has 50 heavy (non-hydrogen) atoms. The number of carboxylic acid groups (broad SMARTS) is 1. The molecule has 2 aromatic rings. The number of aliphatic hydroxyl groups is 3. The lowest BCUT2D eigenvalue weighted by molar-refractivity contribution is -0.851. The van der Waals surface area contributed by atoms with E-state index in [2.05, 4.69) is 16.5 Å². The number of allylic oxidation sites excluding steroid dienone is 1. The number of quaternary nitrogens is 1. The Balaban J connectivity index is 1.20. The molecule has 2 aromatic carbocycles. The zero-order valence-corrected chi connectivity index (χ0v) is 27.4. The number of nitrogens with one attached hydrogen (secondary N) is 2. The van der Waals surface area contributed by atoms with Crippen molar-refractivity contribution in [2.24, 2.45) is 4.99 Å². The van der Waals surface area contributed by atoms with Crippen LogP contribution in [0.2, 0.25) is 0 Å². The van der Waals surface area contributed by atoms with Crippen LogP contribution in [-0.2, 0) is 25.6 Å². The van der Waals surface area contributed by atoms with Crippen LogP contribution in [0.4, 0.5) is 0 Å². The van der Waals surface area contributed by atoms with Crippen molar-refractivity contribution in [3.8, 4) is 28.7 Å². The molecule has 0 amide bonds. The minimum absolute atomic E-state index is 0.148. The molecule has 0 spiro atoms. The number of methoxy groups -OCH3 is 2. The minimum Gasteiger partial charge on any atom is -0.493 e. The second kappa shape index (κ2) is 13.5. The smallest absolute Gasteiger partial charge is 0.318 e. The highest BCUT2D eigenvalue weighted by atomic mass is 16.7. The fourth-order valence-electron chi connectivity index (χ4n) is 7.08. The molecule has 0 bridgehead atoms. The van der Waals surface area contributed by atoms with Crippen molar-refractivity contribution in [3.63, 3.8) is 0 Å². The Labute approximate surface area is 286 Å². The predicted octanol–water partition coefficient (Wildman–Crippen LogP) is -0.686. The molecule has 16 nitrogen and oxygen atoms in total. The number of aliphatic imine (C=N–C) groups is 1. The van der Waals surface area contributed by atoms with Crippen LogP contribution in [0.1, 0.15) is 35.1 Å². The number of benzene rings is 2. The van der Waals surface area contributed by atoms with Crippen molar-refractivity contribution in [3.05, 3.63) is 64.5 Å². The maximum atomic E-state index is 12.1. The number of carboxylic acids is 1. The molecule has 1 unspecified atom stereocenters. The van der Waals surface area contributed by atoms with E-state index in [0.717, 1.165) is 32.9 Å². The number of fused-ring (bicyclic) bond motifs is 6. The first-order valence-corrected chi connectivity index (χ1v) is 16.1. The number of ether oxygens (including phenoxy) is 7. The van der Waals surface area contributed by atoms with Crippen LogP contribution in [0, 0.1) is 0 Å². The number of esters is 1. The van der Waals surface area contributed by atoms with Crippen molar-refractivity contribution in [2.75, 3.05) is 34.4 Å². The third kappa shape index (κ3) is 6.03. The fraction of sp³-hybridized carbons (Fsp3) is 0.441. The molecule has 5 aliphatic rings. The first kappa shape index (κ1) is 33.8. The standard InChI is InChI=1S/C34H37N3O13/c1-35-33(48-24(40)10-23(38)39)32-27(42)26(41)28(43)34(50-32)47-17-8-16(12-37-11-15-6-7-36-20(15)13-37)25-22(9-17)46-14-19-18-4-5-21(44-2)31(45-3)30(18)49-29(19)25/h4-9,13,19,26-29,32-35,41-43H,10-12,14H2,1-3H3,(H,38,39)/p+1/t19-,26-,27-,28+,29+,32-,33+,34+/m0/s1. The van der Waals surface area contributed by atoms with Gasteiger partial charge in [0.15, 0.2) is 17.7 Å². The number of carbonyl (C=O) groups excluding carboxylic acids is 1. The van der Waals surface area contributed by atoms with Crippen LogP contribution >= 0.6 is 0 Å². The van der Waals surface area contributed by atoms with Crippen LogP contribution in [0.15, 0.2) is 52.8 Å². The van der Waals surface area contributed by atoms with Crippen LogP contribution in [-0.4, -0.2) is 110 Å². The quantitative estimate of drug-likeness (QED) is 0.0978. The van der Waals surface area contributed by atoms with Gasteiger partial charge in [0.2, 0.25) is 12.0 Å². The summed E-state index contributed by atoms with van der Waals surface area (Å²) < 4.78 is 41.3. The first-order chi connectivity index (χ1) is 24.1. The highest BCUT2D eigenvalue weighted by molar-refractivity contribution is 5.90. The summed E-state index contributed by atoms with van der Waals surface area (Å²) in [6.45, 7) is 1.48. The third-order valence-corrected chi connectivity index (χ3v) is 9.43. The Bertz CT molecular complexity index is 1780. The van der Waals surface area contributed by atoms with E-state index < -0.39 is 61.4 Å². The molecule has 0 radical (unpaired) electrons. The van der Waals surface area contributed by atoms with Crippen LogP contribution in [0.5, 0.6) is 28.7 Å². The van der Waals surface area contributed by atoms with E-state index in [1.165, 1.54) is 7.05 Å². The number of carbonyl (C=O) groups is 2. The molecule has 1 fully saturated rings. The van der Waals surface area contributed by atoms with E-state index in [-0.39, 0.29) is 18.3 Å². The molecular formula is C34H38N3O13+. The van der Waals surface area contributed by atoms with E-state index in [9.17, 15) is 24.9 Å². The number of hydrogen-bond acceptors (Lipinski definition) is 14. The second-order valence-corrected chi connectivity index (χ2v) is 12.5. The SMILES string of the molecule is CN[C@H](OC(=O)CC(=O)O)[C@H]1O[C@@H](Oc2cc(C[NH+]3C=C4N=CC=C4C3)c3c(c2)OC[C@H]2c4ccc(OC)c(OC)c4O[C@@H]32)[C@H](O)[C@@H](O)[C@@H]1O. The van der Waals surface area contributed by atoms with E-state index in [1.54, 1.807) is 32.6 Å². The maximum Gasteiger partial charge on any atom is 0.318 e. The molecule has 0 aliphatic carbocycles. The summed E-state index contributed by atoms with van der Waals surface area (Å²) in [5.74, 6) is -0.337. The summed E-state index contributed by atoms with van der Waals surface area (Å²) >= 11 is 0. The largest absolute Gasteiger partial charge is 0.493 e. The average molecular weight is 697 g/mol. The topological polar surface area (TPSA) is 208 Å². The molecule has 0 saturated carbocycles. The van der Waals surface area contributed by atoms with E-state index >= 15 is 0 Å². The van der Waals surface area contributed by atoms with Gasteiger partial charge in [0.05, 0.1) is 26.7 Å². The summed E-state index contributed by atoms with van der Waals surface area (Å²) in [5.41, 5.74) is 4.59. The molecule has 9 atom stereocenters. The Kier molecular flexibility index (Phi) is 9.15. The third-order valence-electron chi connectivity index (χ3n) is 9.43. The molecule has 16 heteroatoms. The molecule has 0 aromatic heterocycles. The molecule has 5 heterocycles. The lowest BCUT2D eigenvalue weighted by Crippen LogP contribution is -3.04. The zero-order valence-electron chi connectivity index (χ0n) is 27.4. The number of nitrogens with zero attached hydrogens (tertiary/aromatic N) is 1. The van der Waals surface area contributed by atoms with Crippen molar-refractivity contribution in [1.29, 1.82) is 0 Å². The number of likely N-dealkylation sites (N-methyl/N-ethyl adjacent to an activating group) is 1. The van der Waals surface area contributed by atoms with Gasteiger partial charge in [-0.3, -0.25) is 24.8 Å². The second-order valence-electron chi connectivity index (χ2n) is 12.5. The van der Waals surface area contributed by atoms with Crippen molar-refractivity contribution in [1.82, 2.24) is 5.32 Å². The summed E-state index contributed by atoms with van der Waals surface area (Å²) in [6, 6.07) is 7.22. The molecule has 266 valence electrons. The summed E-state index contributed by atoms with van der Waals surface area (Å²) in [7, 11) is 4.51. The van der Waals surface area contributed by atoms with Gasteiger partial charge in [0, 0.05) is 34.5 Å². The maximum absolute atomic E-state index is 12.1. The Morgan fingerprint density at radius 2 is 1.94 bits per heavy atom. The Morgan fingerprint density at radius 1 is 1.12 bits per heavy atom. The average Bonchev–Trinajstić information content (AvgIpc) is 3.80. The number of rotatable bonds is 11. The summed E-state index contributed by atoms with van der Waals surface area (Å²) in [6.07, 6.45) is -5.13. The lowest BCUT2D eigenvalue weighted by atomic mass is 9.86. The van der Waals surface area contributed by atoms with Gasteiger partial charge in [0.25, 0.3) is 0 Å². The lowest BCUT2D eigenvalue weighted by Gasteiger charge is -2.42. The molecular weight excluding hydrogens is 658 g/mol. The number of aliphatic hydroxyl groups excluding tert-OH is 3. The predicted molar refractivity (Wildman–Crippen MR) is 170 cm³/mol. The highest BCUT2D eigenvalue weighted by Crippen LogP contribution is 2.57. The van der Waals surface area contributed by atoms with E-state index in [4.69, 9.17) is 38.3 Å². The Hall–Kier alpha value is -4.71. The van der Waals surface area contributed by atoms with Gasteiger partial charge >= 0.3 is 11.9 Å². The van der Waals surface area contributed by atoms with E-state index in [1.807, 2.05) is 18.2 Å². The summed E-state index contributed by atoms with van der Waals surface area (Å²) in [4.78, 5) is 28.6. The molecule has 5 aliphatic heterocycles. The van der Waals surface area contributed by atoms with Gasteiger partial charge < -0.3 is 53.6 Å². The van der Waals surface area contributed by atoms with Crippen molar-refractivity contribution < 1.29 is 68.1 Å². The van der Waals surface area contributed by atoms with Gasteiger partial charge in [-0.2, -0.15) is 0 Å². The van der Waals surface area contributed by atoms with Crippen molar-refractivity contribution >= 4 is 18.2 Å². The first-order valence-electron chi connectivity index (χ1n) is 16.1. The van der Waals surface area contributed by atoms with Crippen LogP contribution < -0.4 is 33.9 Å². The molecule has 1 saturated heterocycles. The zero-order chi connectivity index (χ0) is 35.3. The Morgan fingerprint density at radius 3 is 2.66 bits per heavy atom. The van der Waals surface area contributed by atoms with Gasteiger partial charge in [-0.05, 0) is 25.3 Å². The van der Waals surface area contributed by atoms with Gasteiger partial charge in [-0.1, -0.05) is 6.07 Å². The van der Waals surface area contributed by atoms with Gasteiger partial charge in [0.1, 0.15) is 73.4 Å². The van der Waals surface area contributed by atoms with Crippen LogP contribution in [0.25, 0.3) is 0 Å². The molecule has 7 rings (SSSR count). The minimum atomic E-state index is -1.77.